The summed E-state index contributed by atoms with van der Waals surface area (Å²) in [6.45, 7) is 0. The van der Waals surface area contributed by atoms with Crippen LogP contribution in [0.4, 0.5) is 5.95 Å². The van der Waals surface area contributed by atoms with Gasteiger partial charge in [0.2, 0.25) is 5.95 Å². The van der Waals surface area contributed by atoms with E-state index in [0.29, 0.717) is 18.1 Å². The second-order valence-corrected chi connectivity index (χ2v) is 7.42. The van der Waals surface area contributed by atoms with Gasteiger partial charge in [-0.1, -0.05) is 18.6 Å². The molecule has 5 nitrogen and oxygen atoms in total. The number of hydrogen-bond acceptors (Lipinski definition) is 5. The highest BCUT2D eigenvalue weighted by Crippen LogP contribution is 2.29. The zero-order valence-corrected chi connectivity index (χ0v) is 14.7. The molecule has 1 aromatic heterocycles. The Hall–Kier alpha value is -1.88. The maximum atomic E-state index is 9.65. The first-order valence-electron chi connectivity index (χ1n) is 9.65. The molecule has 4 rings (SSSR count). The van der Waals surface area contributed by atoms with Gasteiger partial charge in [0.25, 0.3) is 0 Å². The summed E-state index contributed by atoms with van der Waals surface area (Å²) >= 11 is 0. The fourth-order valence-electron chi connectivity index (χ4n) is 3.96. The van der Waals surface area contributed by atoms with Crippen LogP contribution < -0.4 is 10.1 Å². The van der Waals surface area contributed by atoms with Gasteiger partial charge in [-0.2, -0.15) is 0 Å². The number of benzene rings is 1. The molecule has 25 heavy (non-hydrogen) atoms. The minimum Gasteiger partial charge on any atom is -0.488 e. The number of ether oxygens (including phenoxy) is 1. The number of aromatic nitrogens is 2. The van der Waals surface area contributed by atoms with E-state index in [-0.39, 0.29) is 6.10 Å². The largest absolute Gasteiger partial charge is 0.488 e. The number of anilines is 1. The standard InChI is InChI=1S/C20H27N3O2/c24-16-11-9-15(10-12-16)22-20-21-13-14-5-4-8-18(19(14)23-20)25-17-6-2-1-3-7-17/h4-5,8,13,15-17,24H,1-3,6-7,9-12H2,(H,21,22,23). The van der Waals surface area contributed by atoms with Gasteiger partial charge in [-0.05, 0) is 57.4 Å². The van der Waals surface area contributed by atoms with Crippen molar-refractivity contribution in [3.63, 3.8) is 0 Å². The summed E-state index contributed by atoms with van der Waals surface area (Å²) < 4.78 is 6.28. The summed E-state index contributed by atoms with van der Waals surface area (Å²) in [6.07, 6.45) is 11.8. The summed E-state index contributed by atoms with van der Waals surface area (Å²) in [5, 5.41) is 14.1. The van der Waals surface area contributed by atoms with Crippen molar-refractivity contribution < 1.29 is 9.84 Å². The van der Waals surface area contributed by atoms with Crippen molar-refractivity contribution >= 4 is 16.9 Å². The van der Waals surface area contributed by atoms with Crippen LogP contribution in [0.1, 0.15) is 57.8 Å². The predicted octanol–water partition coefficient (Wildman–Crippen LogP) is 4.06. The molecule has 0 unspecified atom stereocenters. The van der Waals surface area contributed by atoms with E-state index < -0.39 is 0 Å². The average Bonchev–Trinajstić information content (AvgIpc) is 2.65. The van der Waals surface area contributed by atoms with E-state index in [9.17, 15) is 5.11 Å². The molecule has 2 N–H and O–H groups in total. The third-order valence-electron chi connectivity index (χ3n) is 5.45. The summed E-state index contributed by atoms with van der Waals surface area (Å²) in [5.74, 6) is 1.53. The molecule has 2 aromatic rings. The summed E-state index contributed by atoms with van der Waals surface area (Å²) in [5.41, 5.74) is 0.890. The zero-order chi connectivity index (χ0) is 17.1. The molecule has 0 atom stereocenters. The van der Waals surface area contributed by atoms with Crippen molar-refractivity contribution in [1.82, 2.24) is 9.97 Å². The smallest absolute Gasteiger partial charge is 0.223 e. The van der Waals surface area contributed by atoms with E-state index >= 15 is 0 Å². The first kappa shape index (κ1) is 16.6. The van der Waals surface area contributed by atoms with E-state index in [1.54, 1.807) is 0 Å². The molecule has 2 aliphatic rings. The van der Waals surface area contributed by atoms with Crippen molar-refractivity contribution in [3.05, 3.63) is 24.4 Å². The van der Waals surface area contributed by atoms with Gasteiger partial charge in [0, 0.05) is 17.6 Å². The van der Waals surface area contributed by atoms with Gasteiger partial charge in [-0.25, -0.2) is 9.97 Å². The molecule has 0 bridgehead atoms. The van der Waals surface area contributed by atoms with Crippen molar-refractivity contribution in [2.24, 2.45) is 0 Å². The first-order chi connectivity index (χ1) is 12.3. The lowest BCUT2D eigenvalue weighted by molar-refractivity contribution is 0.126. The Kier molecular flexibility index (Phi) is 5.02. The van der Waals surface area contributed by atoms with E-state index in [1.807, 2.05) is 24.4 Å². The topological polar surface area (TPSA) is 67.3 Å². The van der Waals surface area contributed by atoms with Gasteiger partial charge in [-0.3, -0.25) is 0 Å². The van der Waals surface area contributed by atoms with E-state index in [4.69, 9.17) is 9.72 Å². The van der Waals surface area contributed by atoms with Crippen LogP contribution in [0.25, 0.3) is 10.9 Å². The van der Waals surface area contributed by atoms with Crippen molar-refractivity contribution in [2.75, 3.05) is 5.32 Å². The van der Waals surface area contributed by atoms with Crippen LogP contribution in [-0.4, -0.2) is 33.3 Å². The number of nitrogens with zero attached hydrogens (tertiary/aromatic N) is 2. The van der Waals surface area contributed by atoms with Crippen molar-refractivity contribution in [1.29, 1.82) is 0 Å². The second-order valence-electron chi connectivity index (χ2n) is 7.42. The molecule has 134 valence electrons. The molecule has 1 heterocycles. The molecular weight excluding hydrogens is 314 g/mol. The highest BCUT2D eigenvalue weighted by Gasteiger charge is 2.20. The average molecular weight is 341 g/mol. The number of aliphatic hydroxyl groups excluding tert-OH is 1. The Morgan fingerprint density at radius 2 is 1.80 bits per heavy atom. The third kappa shape index (κ3) is 4.03. The molecule has 0 aliphatic heterocycles. The SMILES string of the molecule is OC1CCC(Nc2ncc3cccc(OC4CCCCC4)c3n2)CC1. The van der Waals surface area contributed by atoms with Crippen LogP contribution in [0.15, 0.2) is 24.4 Å². The number of nitrogens with one attached hydrogen (secondary N) is 1. The third-order valence-corrected chi connectivity index (χ3v) is 5.45. The number of para-hydroxylation sites is 1. The van der Waals surface area contributed by atoms with Crippen LogP contribution in [0, 0.1) is 0 Å². The second kappa shape index (κ2) is 7.56. The van der Waals surface area contributed by atoms with Gasteiger partial charge in [0.1, 0.15) is 11.3 Å². The number of rotatable bonds is 4. The van der Waals surface area contributed by atoms with Crippen LogP contribution in [0.3, 0.4) is 0 Å². The highest BCUT2D eigenvalue weighted by atomic mass is 16.5. The lowest BCUT2D eigenvalue weighted by Gasteiger charge is -2.26. The van der Waals surface area contributed by atoms with Gasteiger partial charge in [-0.15, -0.1) is 0 Å². The fraction of sp³-hybridized carbons (Fsp3) is 0.600. The predicted molar refractivity (Wildman–Crippen MR) is 98.9 cm³/mol. The van der Waals surface area contributed by atoms with Gasteiger partial charge < -0.3 is 15.2 Å². The van der Waals surface area contributed by atoms with E-state index in [0.717, 1.165) is 55.2 Å². The quantitative estimate of drug-likeness (QED) is 0.878. The maximum Gasteiger partial charge on any atom is 0.223 e. The van der Waals surface area contributed by atoms with Crippen molar-refractivity contribution in [2.45, 2.75) is 76.0 Å². The molecule has 2 saturated carbocycles. The normalized spacial score (nSPS) is 25.0. The minimum absolute atomic E-state index is 0.147. The van der Waals surface area contributed by atoms with E-state index in [2.05, 4.69) is 10.3 Å². The molecule has 2 fully saturated rings. The Labute approximate surface area is 148 Å². The van der Waals surface area contributed by atoms with Gasteiger partial charge >= 0.3 is 0 Å². The molecule has 2 aliphatic carbocycles. The molecule has 0 amide bonds. The number of hydrogen-bond donors (Lipinski definition) is 2. The highest BCUT2D eigenvalue weighted by molar-refractivity contribution is 5.84. The summed E-state index contributed by atoms with van der Waals surface area (Å²) in [7, 11) is 0. The Morgan fingerprint density at radius 1 is 1.00 bits per heavy atom. The minimum atomic E-state index is -0.147. The molecule has 0 radical (unpaired) electrons. The van der Waals surface area contributed by atoms with Crippen molar-refractivity contribution in [3.8, 4) is 5.75 Å². The van der Waals surface area contributed by atoms with Gasteiger partial charge in [0.05, 0.1) is 12.2 Å². The Morgan fingerprint density at radius 3 is 2.60 bits per heavy atom. The Bertz CT molecular complexity index is 707. The molecule has 0 spiro atoms. The molecular formula is C20H27N3O2. The van der Waals surface area contributed by atoms with Crippen LogP contribution in [0.2, 0.25) is 0 Å². The molecule has 1 aromatic carbocycles. The Balaban J connectivity index is 1.52. The summed E-state index contributed by atoms with van der Waals surface area (Å²) in [4.78, 5) is 9.21. The number of aliphatic hydroxyl groups is 1. The maximum absolute atomic E-state index is 9.65. The monoisotopic (exact) mass is 341 g/mol. The molecule has 0 saturated heterocycles. The lowest BCUT2D eigenvalue weighted by Crippen LogP contribution is -2.28. The number of fused-ring (bicyclic) bond motifs is 1. The fourth-order valence-corrected chi connectivity index (χ4v) is 3.96. The first-order valence-corrected chi connectivity index (χ1v) is 9.65. The van der Waals surface area contributed by atoms with Crippen LogP contribution in [-0.2, 0) is 0 Å². The lowest BCUT2D eigenvalue weighted by atomic mass is 9.93. The zero-order valence-electron chi connectivity index (χ0n) is 14.7. The van der Waals surface area contributed by atoms with E-state index in [1.165, 1.54) is 19.3 Å². The summed E-state index contributed by atoms with van der Waals surface area (Å²) in [6, 6.07) is 6.40. The molecule has 5 heteroatoms. The van der Waals surface area contributed by atoms with Crippen LogP contribution >= 0.6 is 0 Å². The van der Waals surface area contributed by atoms with Gasteiger partial charge in [0.15, 0.2) is 0 Å². The van der Waals surface area contributed by atoms with Crippen LogP contribution in [0.5, 0.6) is 5.75 Å².